The molecule has 2 rings (SSSR count). The lowest BCUT2D eigenvalue weighted by Gasteiger charge is -2.09. The number of hydrogen-bond acceptors (Lipinski definition) is 5. The quantitative estimate of drug-likeness (QED) is 0.477. The predicted molar refractivity (Wildman–Crippen MR) is 77.1 cm³/mol. The van der Waals surface area contributed by atoms with Crippen molar-refractivity contribution in [2.45, 2.75) is 13.3 Å². The standard InChI is InChI=1S/C14H17N3O3/c1-2-7-15-9-10-20-13-6-5-12(17(18)19)11-4-3-8-16-14(11)13/h3-6,8,15H,2,7,9-10H2,1H3. The van der Waals surface area contributed by atoms with E-state index in [4.69, 9.17) is 4.74 Å². The van der Waals surface area contributed by atoms with Crippen LogP contribution in [0.2, 0.25) is 0 Å². The summed E-state index contributed by atoms with van der Waals surface area (Å²) in [6, 6.07) is 6.43. The van der Waals surface area contributed by atoms with E-state index in [2.05, 4.69) is 17.2 Å². The smallest absolute Gasteiger partial charge is 0.279 e. The van der Waals surface area contributed by atoms with E-state index in [1.807, 2.05) is 0 Å². The molecule has 106 valence electrons. The fraction of sp³-hybridized carbons (Fsp3) is 0.357. The molecule has 6 heteroatoms. The Kier molecular flexibility index (Phi) is 4.84. The van der Waals surface area contributed by atoms with E-state index in [0.717, 1.165) is 19.5 Å². The van der Waals surface area contributed by atoms with Crippen LogP contribution in [0.1, 0.15) is 13.3 Å². The van der Waals surface area contributed by atoms with Gasteiger partial charge in [-0.3, -0.25) is 15.1 Å². The molecule has 0 spiro atoms. The van der Waals surface area contributed by atoms with Gasteiger partial charge >= 0.3 is 0 Å². The van der Waals surface area contributed by atoms with Crippen molar-refractivity contribution in [3.63, 3.8) is 0 Å². The van der Waals surface area contributed by atoms with Crippen molar-refractivity contribution in [3.05, 3.63) is 40.6 Å². The molecule has 0 atom stereocenters. The number of nitro benzene ring substituents is 1. The fourth-order valence-corrected chi connectivity index (χ4v) is 1.94. The van der Waals surface area contributed by atoms with Crippen LogP contribution in [0.5, 0.6) is 5.75 Å². The van der Waals surface area contributed by atoms with Crippen LogP contribution in [0, 0.1) is 10.1 Å². The van der Waals surface area contributed by atoms with E-state index >= 15 is 0 Å². The number of rotatable bonds is 7. The van der Waals surface area contributed by atoms with Gasteiger partial charge < -0.3 is 10.1 Å². The van der Waals surface area contributed by atoms with Gasteiger partial charge in [-0.1, -0.05) is 6.92 Å². The van der Waals surface area contributed by atoms with Gasteiger partial charge in [0.2, 0.25) is 0 Å². The highest BCUT2D eigenvalue weighted by atomic mass is 16.6. The largest absolute Gasteiger partial charge is 0.490 e. The Balaban J connectivity index is 2.18. The Labute approximate surface area is 116 Å². The first-order chi connectivity index (χ1) is 9.74. The molecule has 1 aromatic heterocycles. The summed E-state index contributed by atoms with van der Waals surface area (Å²) >= 11 is 0. The van der Waals surface area contributed by atoms with E-state index in [1.54, 1.807) is 24.4 Å². The van der Waals surface area contributed by atoms with Gasteiger partial charge in [-0.2, -0.15) is 0 Å². The zero-order valence-electron chi connectivity index (χ0n) is 11.3. The molecule has 0 aliphatic carbocycles. The van der Waals surface area contributed by atoms with Gasteiger partial charge in [0, 0.05) is 18.8 Å². The number of nitrogens with one attached hydrogen (secondary N) is 1. The Hall–Kier alpha value is -2.21. The lowest BCUT2D eigenvalue weighted by molar-refractivity contribution is -0.383. The number of fused-ring (bicyclic) bond motifs is 1. The second-order valence-electron chi connectivity index (χ2n) is 4.34. The Morgan fingerprint density at radius 3 is 2.95 bits per heavy atom. The Morgan fingerprint density at radius 2 is 2.20 bits per heavy atom. The number of ether oxygens (including phenoxy) is 1. The van der Waals surface area contributed by atoms with Gasteiger partial charge in [0.1, 0.15) is 17.9 Å². The number of non-ortho nitro benzene ring substituents is 1. The third-order valence-corrected chi connectivity index (χ3v) is 2.87. The molecule has 1 N–H and O–H groups in total. The summed E-state index contributed by atoms with van der Waals surface area (Å²) in [7, 11) is 0. The summed E-state index contributed by atoms with van der Waals surface area (Å²) in [4.78, 5) is 14.8. The number of nitro groups is 1. The topological polar surface area (TPSA) is 77.3 Å². The SMILES string of the molecule is CCCNCCOc1ccc([N+](=O)[O-])c2cccnc12. The molecule has 0 aliphatic rings. The van der Waals surface area contributed by atoms with E-state index < -0.39 is 4.92 Å². The highest BCUT2D eigenvalue weighted by molar-refractivity contribution is 5.92. The van der Waals surface area contributed by atoms with Crippen molar-refractivity contribution in [2.24, 2.45) is 0 Å². The van der Waals surface area contributed by atoms with Crippen molar-refractivity contribution >= 4 is 16.6 Å². The molecule has 6 nitrogen and oxygen atoms in total. The summed E-state index contributed by atoms with van der Waals surface area (Å²) < 4.78 is 5.65. The molecule has 20 heavy (non-hydrogen) atoms. The molecular formula is C14H17N3O3. The van der Waals surface area contributed by atoms with Crippen molar-refractivity contribution in [3.8, 4) is 5.75 Å². The van der Waals surface area contributed by atoms with Crippen LogP contribution in [0.3, 0.4) is 0 Å². The average molecular weight is 275 g/mol. The molecule has 0 saturated carbocycles. The number of hydrogen-bond donors (Lipinski definition) is 1. The maximum absolute atomic E-state index is 11.0. The molecule has 0 fully saturated rings. The highest BCUT2D eigenvalue weighted by Gasteiger charge is 2.15. The molecule has 0 bridgehead atoms. The van der Waals surface area contributed by atoms with Gasteiger partial charge in [-0.25, -0.2) is 0 Å². The highest BCUT2D eigenvalue weighted by Crippen LogP contribution is 2.30. The minimum Gasteiger partial charge on any atom is -0.490 e. The lowest BCUT2D eigenvalue weighted by atomic mass is 10.1. The van der Waals surface area contributed by atoms with Gasteiger partial charge in [-0.15, -0.1) is 0 Å². The second-order valence-corrected chi connectivity index (χ2v) is 4.34. The summed E-state index contributed by atoms with van der Waals surface area (Å²) in [6.45, 7) is 4.28. The third-order valence-electron chi connectivity index (χ3n) is 2.87. The number of pyridine rings is 1. The van der Waals surface area contributed by atoms with Crippen molar-refractivity contribution < 1.29 is 9.66 Å². The van der Waals surface area contributed by atoms with Gasteiger partial charge in [0.25, 0.3) is 5.69 Å². The number of nitrogens with zero attached hydrogens (tertiary/aromatic N) is 2. The van der Waals surface area contributed by atoms with Crippen molar-refractivity contribution in [2.75, 3.05) is 19.7 Å². The molecule has 0 saturated heterocycles. The monoisotopic (exact) mass is 275 g/mol. The summed E-state index contributed by atoms with van der Waals surface area (Å²) in [6.07, 6.45) is 2.68. The van der Waals surface area contributed by atoms with Gasteiger partial charge in [0.05, 0.1) is 10.3 Å². The molecular weight excluding hydrogens is 258 g/mol. The van der Waals surface area contributed by atoms with Crippen LogP contribution in [0.15, 0.2) is 30.5 Å². The Morgan fingerprint density at radius 1 is 1.35 bits per heavy atom. The van der Waals surface area contributed by atoms with Crippen LogP contribution in [0.25, 0.3) is 10.9 Å². The molecule has 0 radical (unpaired) electrons. The van der Waals surface area contributed by atoms with Gasteiger partial charge in [0.15, 0.2) is 0 Å². The minimum absolute atomic E-state index is 0.0459. The van der Waals surface area contributed by atoms with Crippen LogP contribution in [0.4, 0.5) is 5.69 Å². The Bertz CT molecular complexity index is 601. The van der Waals surface area contributed by atoms with Crippen LogP contribution in [-0.2, 0) is 0 Å². The lowest BCUT2D eigenvalue weighted by Crippen LogP contribution is -2.21. The molecule has 0 aliphatic heterocycles. The first kappa shape index (κ1) is 14.2. The second kappa shape index (κ2) is 6.81. The molecule has 1 aromatic carbocycles. The van der Waals surface area contributed by atoms with Crippen LogP contribution in [-0.4, -0.2) is 29.6 Å². The predicted octanol–water partition coefficient (Wildman–Crippen LogP) is 2.52. The molecule has 0 amide bonds. The van der Waals surface area contributed by atoms with Crippen LogP contribution >= 0.6 is 0 Å². The first-order valence-electron chi connectivity index (χ1n) is 6.59. The van der Waals surface area contributed by atoms with E-state index in [-0.39, 0.29) is 5.69 Å². The summed E-state index contributed by atoms with van der Waals surface area (Å²) in [5, 5.41) is 14.7. The molecule has 2 aromatic rings. The minimum atomic E-state index is -0.406. The maximum Gasteiger partial charge on any atom is 0.279 e. The fourth-order valence-electron chi connectivity index (χ4n) is 1.94. The van der Waals surface area contributed by atoms with Gasteiger partial charge in [-0.05, 0) is 31.2 Å². The average Bonchev–Trinajstić information content (AvgIpc) is 2.46. The number of aromatic nitrogens is 1. The summed E-state index contributed by atoms with van der Waals surface area (Å²) in [5.41, 5.74) is 0.571. The zero-order valence-corrected chi connectivity index (χ0v) is 11.3. The van der Waals surface area contributed by atoms with Crippen molar-refractivity contribution in [1.82, 2.24) is 10.3 Å². The third kappa shape index (κ3) is 3.21. The normalized spacial score (nSPS) is 10.7. The number of benzene rings is 1. The molecule has 0 unspecified atom stereocenters. The van der Waals surface area contributed by atoms with E-state index in [9.17, 15) is 10.1 Å². The van der Waals surface area contributed by atoms with E-state index in [0.29, 0.717) is 23.3 Å². The first-order valence-corrected chi connectivity index (χ1v) is 6.59. The summed E-state index contributed by atoms with van der Waals surface area (Å²) in [5.74, 6) is 0.574. The molecule has 1 heterocycles. The maximum atomic E-state index is 11.0. The van der Waals surface area contributed by atoms with Crippen LogP contribution < -0.4 is 10.1 Å². The van der Waals surface area contributed by atoms with E-state index in [1.165, 1.54) is 6.07 Å². The van der Waals surface area contributed by atoms with Crippen molar-refractivity contribution in [1.29, 1.82) is 0 Å². The zero-order chi connectivity index (χ0) is 14.4.